The van der Waals surface area contributed by atoms with Crippen molar-refractivity contribution in [2.75, 3.05) is 13.1 Å². The van der Waals surface area contributed by atoms with Crippen molar-refractivity contribution in [1.82, 2.24) is 4.90 Å². The average molecular weight is 209 g/mol. The lowest BCUT2D eigenvalue weighted by Crippen LogP contribution is -2.53. The molecule has 0 aromatic heterocycles. The summed E-state index contributed by atoms with van der Waals surface area (Å²) in [5, 5.41) is 9.50. The third kappa shape index (κ3) is 1.93. The van der Waals surface area contributed by atoms with Gasteiger partial charge in [-0.15, -0.1) is 0 Å². The molecule has 1 heterocycles. The van der Waals surface area contributed by atoms with Crippen molar-refractivity contribution in [2.45, 2.75) is 44.1 Å². The van der Waals surface area contributed by atoms with E-state index in [9.17, 15) is 9.90 Å². The van der Waals surface area contributed by atoms with Crippen LogP contribution in [0, 0.1) is 0 Å². The normalized spacial score (nSPS) is 26.4. The van der Waals surface area contributed by atoms with Crippen LogP contribution in [0.5, 0.6) is 0 Å². The SMILES string of the molecule is O=C(O)C1(N2CC=CC2)CCCCCC1. The highest BCUT2D eigenvalue weighted by Crippen LogP contribution is 2.33. The van der Waals surface area contributed by atoms with E-state index >= 15 is 0 Å². The van der Waals surface area contributed by atoms with Gasteiger partial charge < -0.3 is 5.11 Å². The molecular formula is C12H19NO2. The molecule has 84 valence electrons. The Hall–Kier alpha value is -0.830. The van der Waals surface area contributed by atoms with Crippen molar-refractivity contribution in [2.24, 2.45) is 0 Å². The minimum atomic E-state index is -0.617. The summed E-state index contributed by atoms with van der Waals surface area (Å²) in [7, 11) is 0. The second-order valence-corrected chi connectivity index (χ2v) is 4.63. The summed E-state index contributed by atoms with van der Waals surface area (Å²) in [6.07, 6.45) is 10.3. The summed E-state index contributed by atoms with van der Waals surface area (Å²) < 4.78 is 0. The number of carbonyl (C=O) groups is 1. The lowest BCUT2D eigenvalue weighted by molar-refractivity contribution is -0.151. The molecule has 0 amide bonds. The third-order valence-electron chi connectivity index (χ3n) is 3.75. The van der Waals surface area contributed by atoms with Gasteiger partial charge in [-0.05, 0) is 12.8 Å². The molecule has 3 heteroatoms. The van der Waals surface area contributed by atoms with E-state index in [4.69, 9.17) is 0 Å². The van der Waals surface area contributed by atoms with Gasteiger partial charge in [0, 0.05) is 13.1 Å². The van der Waals surface area contributed by atoms with Crippen LogP contribution in [0.2, 0.25) is 0 Å². The molecule has 0 atom stereocenters. The maximum atomic E-state index is 11.5. The first kappa shape index (κ1) is 10.7. The summed E-state index contributed by atoms with van der Waals surface area (Å²) in [6.45, 7) is 1.62. The standard InChI is InChI=1S/C12H19NO2/c14-11(15)12(13-9-5-6-10-13)7-3-1-2-4-8-12/h5-6H,1-4,7-10H2,(H,14,15). The number of hydrogen-bond acceptors (Lipinski definition) is 2. The number of carboxylic acid groups (broad SMARTS) is 1. The van der Waals surface area contributed by atoms with Crippen LogP contribution in [0.4, 0.5) is 0 Å². The molecule has 0 saturated heterocycles. The Labute approximate surface area is 90.8 Å². The zero-order valence-corrected chi connectivity index (χ0v) is 9.11. The van der Waals surface area contributed by atoms with Gasteiger partial charge in [-0.2, -0.15) is 0 Å². The van der Waals surface area contributed by atoms with Crippen molar-refractivity contribution in [3.63, 3.8) is 0 Å². The Balaban J connectivity index is 2.17. The molecule has 1 fully saturated rings. The molecule has 0 unspecified atom stereocenters. The van der Waals surface area contributed by atoms with Gasteiger partial charge in [0.1, 0.15) is 5.54 Å². The highest BCUT2D eigenvalue weighted by molar-refractivity contribution is 5.79. The summed E-state index contributed by atoms with van der Waals surface area (Å²) in [5.41, 5.74) is -0.569. The molecule has 0 aromatic carbocycles. The predicted octanol–water partition coefficient (Wildman–Crippen LogP) is 2.04. The van der Waals surface area contributed by atoms with Gasteiger partial charge in [-0.3, -0.25) is 9.69 Å². The highest BCUT2D eigenvalue weighted by atomic mass is 16.4. The van der Waals surface area contributed by atoms with Crippen LogP contribution in [-0.2, 0) is 4.79 Å². The molecule has 3 nitrogen and oxygen atoms in total. The van der Waals surface area contributed by atoms with E-state index in [1.807, 2.05) is 0 Å². The lowest BCUT2D eigenvalue weighted by Gasteiger charge is -2.37. The van der Waals surface area contributed by atoms with Crippen molar-refractivity contribution >= 4 is 5.97 Å². The fourth-order valence-corrected chi connectivity index (χ4v) is 2.81. The molecule has 2 aliphatic rings. The first-order chi connectivity index (χ1) is 7.26. The van der Waals surface area contributed by atoms with Gasteiger partial charge in [-0.25, -0.2) is 0 Å². The summed E-state index contributed by atoms with van der Waals surface area (Å²) in [6, 6.07) is 0. The molecule has 1 N–H and O–H groups in total. The molecule has 1 aliphatic heterocycles. The Kier molecular flexibility index (Phi) is 3.10. The van der Waals surface area contributed by atoms with Crippen molar-refractivity contribution in [3.8, 4) is 0 Å². The van der Waals surface area contributed by atoms with Crippen LogP contribution < -0.4 is 0 Å². The highest BCUT2D eigenvalue weighted by Gasteiger charge is 2.43. The lowest BCUT2D eigenvalue weighted by atomic mass is 9.88. The summed E-state index contributed by atoms with van der Waals surface area (Å²) in [4.78, 5) is 13.7. The van der Waals surface area contributed by atoms with Crippen LogP contribution in [0.1, 0.15) is 38.5 Å². The van der Waals surface area contributed by atoms with Crippen molar-refractivity contribution < 1.29 is 9.90 Å². The fraction of sp³-hybridized carbons (Fsp3) is 0.750. The van der Waals surface area contributed by atoms with Crippen LogP contribution in [-0.4, -0.2) is 34.6 Å². The van der Waals surface area contributed by atoms with Crippen LogP contribution >= 0.6 is 0 Å². The molecule has 0 bridgehead atoms. The van der Waals surface area contributed by atoms with Crippen molar-refractivity contribution in [1.29, 1.82) is 0 Å². The minimum absolute atomic E-state index is 0.569. The Bertz CT molecular complexity index is 257. The molecule has 15 heavy (non-hydrogen) atoms. The van der Waals surface area contributed by atoms with Gasteiger partial charge in [0.2, 0.25) is 0 Å². The molecule has 0 spiro atoms. The Morgan fingerprint density at radius 2 is 1.60 bits per heavy atom. The van der Waals surface area contributed by atoms with E-state index in [1.54, 1.807) is 0 Å². The number of nitrogens with zero attached hydrogens (tertiary/aromatic N) is 1. The third-order valence-corrected chi connectivity index (χ3v) is 3.75. The van der Waals surface area contributed by atoms with E-state index in [0.29, 0.717) is 0 Å². The predicted molar refractivity (Wildman–Crippen MR) is 58.8 cm³/mol. The summed E-state index contributed by atoms with van der Waals surface area (Å²) in [5.74, 6) is -0.617. The van der Waals surface area contributed by atoms with E-state index in [-0.39, 0.29) is 0 Å². The molecule has 1 aliphatic carbocycles. The Morgan fingerprint density at radius 3 is 2.07 bits per heavy atom. The van der Waals surface area contributed by atoms with E-state index in [1.165, 1.54) is 12.8 Å². The number of hydrogen-bond donors (Lipinski definition) is 1. The first-order valence-corrected chi connectivity index (χ1v) is 5.89. The largest absolute Gasteiger partial charge is 0.480 e. The maximum absolute atomic E-state index is 11.5. The maximum Gasteiger partial charge on any atom is 0.324 e. The smallest absolute Gasteiger partial charge is 0.324 e. The second kappa shape index (κ2) is 4.35. The molecule has 0 radical (unpaired) electrons. The zero-order chi connectivity index (χ0) is 10.7. The minimum Gasteiger partial charge on any atom is -0.480 e. The quantitative estimate of drug-likeness (QED) is 0.559. The van der Waals surface area contributed by atoms with Crippen molar-refractivity contribution in [3.05, 3.63) is 12.2 Å². The topological polar surface area (TPSA) is 40.5 Å². The van der Waals surface area contributed by atoms with Gasteiger partial charge in [-0.1, -0.05) is 37.8 Å². The summed E-state index contributed by atoms with van der Waals surface area (Å²) >= 11 is 0. The van der Waals surface area contributed by atoms with Gasteiger partial charge in [0.05, 0.1) is 0 Å². The second-order valence-electron chi connectivity index (χ2n) is 4.63. The van der Waals surface area contributed by atoms with E-state index < -0.39 is 11.5 Å². The number of aliphatic carboxylic acids is 1. The van der Waals surface area contributed by atoms with Crippen LogP contribution in [0.3, 0.4) is 0 Å². The number of carboxylic acids is 1. The molecule has 1 saturated carbocycles. The van der Waals surface area contributed by atoms with Gasteiger partial charge in [0.25, 0.3) is 0 Å². The first-order valence-electron chi connectivity index (χ1n) is 5.89. The fourth-order valence-electron chi connectivity index (χ4n) is 2.81. The molecule has 0 aromatic rings. The zero-order valence-electron chi connectivity index (χ0n) is 9.11. The molecular weight excluding hydrogens is 190 g/mol. The van der Waals surface area contributed by atoms with E-state index in [0.717, 1.165) is 38.8 Å². The average Bonchev–Trinajstić information content (AvgIpc) is 2.63. The monoisotopic (exact) mass is 209 g/mol. The van der Waals surface area contributed by atoms with E-state index in [2.05, 4.69) is 17.1 Å². The van der Waals surface area contributed by atoms with Crippen LogP contribution in [0.15, 0.2) is 12.2 Å². The Morgan fingerprint density at radius 1 is 1.07 bits per heavy atom. The van der Waals surface area contributed by atoms with Gasteiger partial charge >= 0.3 is 5.97 Å². The van der Waals surface area contributed by atoms with Gasteiger partial charge in [0.15, 0.2) is 0 Å². The number of rotatable bonds is 2. The molecule has 2 rings (SSSR count). The van der Waals surface area contributed by atoms with Crippen LogP contribution in [0.25, 0.3) is 0 Å².